The molecule has 0 spiro atoms. The van der Waals surface area contributed by atoms with E-state index in [1.165, 1.54) is 29.0 Å². The number of likely N-dealkylation sites (tertiary alicyclic amines) is 1. The first-order valence-electron chi connectivity index (χ1n) is 7.45. The molecule has 1 unspecified atom stereocenters. The molecule has 0 aromatic carbocycles. The third-order valence-corrected chi connectivity index (χ3v) is 4.80. The smallest absolute Gasteiger partial charge is 0.221 e. The summed E-state index contributed by atoms with van der Waals surface area (Å²) in [6.07, 6.45) is 4.12. The van der Waals surface area contributed by atoms with Gasteiger partial charge < -0.3 is 11.1 Å². The lowest BCUT2D eigenvalue weighted by molar-refractivity contribution is -0.121. The van der Waals surface area contributed by atoms with E-state index in [4.69, 9.17) is 5.73 Å². The summed E-state index contributed by atoms with van der Waals surface area (Å²) in [4.78, 5) is 16.8. The number of hydrogen-bond donors (Lipinski definition) is 2. The van der Waals surface area contributed by atoms with Gasteiger partial charge in [0.15, 0.2) is 0 Å². The Balaban J connectivity index is 1.86. The predicted molar refractivity (Wildman–Crippen MR) is 83.8 cm³/mol. The topological polar surface area (TPSA) is 58.4 Å². The fourth-order valence-electron chi connectivity index (χ4n) is 2.72. The van der Waals surface area contributed by atoms with Crippen molar-refractivity contribution in [2.45, 2.75) is 45.2 Å². The molecule has 0 bridgehead atoms. The summed E-state index contributed by atoms with van der Waals surface area (Å²) in [5, 5.41) is 3.02. The highest BCUT2D eigenvalue weighted by Crippen LogP contribution is 2.23. The van der Waals surface area contributed by atoms with Crippen LogP contribution in [0.3, 0.4) is 0 Å². The van der Waals surface area contributed by atoms with Gasteiger partial charge in [0.2, 0.25) is 5.91 Å². The normalized spacial score (nSPS) is 20.0. The summed E-state index contributed by atoms with van der Waals surface area (Å²) in [6, 6.07) is 4.87. The van der Waals surface area contributed by atoms with Crippen LogP contribution in [0.1, 0.15) is 35.4 Å². The van der Waals surface area contributed by atoms with E-state index in [2.05, 4.69) is 29.3 Å². The average molecular weight is 295 g/mol. The number of amides is 1. The number of nitrogens with one attached hydrogen (secondary N) is 1. The van der Waals surface area contributed by atoms with Crippen molar-refractivity contribution in [1.82, 2.24) is 10.2 Å². The quantitative estimate of drug-likeness (QED) is 0.842. The Morgan fingerprint density at radius 2 is 2.35 bits per heavy atom. The average Bonchev–Trinajstić information content (AvgIpc) is 2.83. The molecule has 2 rings (SSSR count). The number of aryl methyl sites for hydroxylation is 1. The number of nitrogens with zero attached hydrogens (tertiary/aromatic N) is 1. The van der Waals surface area contributed by atoms with Gasteiger partial charge in [-0.25, -0.2) is 0 Å². The number of piperidine rings is 1. The molecule has 1 amide bonds. The number of carbonyl (C=O) groups excluding carboxylic acids is 1. The summed E-state index contributed by atoms with van der Waals surface area (Å²) >= 11 is 1.87. The van der Waals surface area contributed by atoms with Crippen LogP contribution >= 0.6 is 11.3 Å². The zero-order chi connectivity index (χ0) is 14.4. The molecule has 1 aromatic heterocycles. The Bertz CT molecular complexity index is 433. The van der Waals surface area contributed by atoms with E-state index in [1.54, 1.807) is 0 Å². The molecule has 5 heteroatoms. The van der Waals surface area contributed by atoms with Crippen LogP contribution in [0, 0.1) is 6.92 Å². The predicted octanol–water partition coefficient (Wildman–Crippen LogP) is 1.88. The third-order valence-electron chi connectivity index (χ3n) is 3.81. The summed E-state index contributed by atoms with van der Waals surface area (Å²) < 4.78 is 0. The molecule has 20 heavy (non-hydrogen) atoms. The molecular formula is C15H25N3OS. The Labute approximate surface area is 125 Å². The first-order chi connectivity index (χ1) is 9.69. The molecule has 2 heterocycles. The largest absolute Gasteiger partial charge is 0.354 e. The number of rotatable bonds is 6. The standard InChI is InChI=1S/C15H25N3OS/c1-12-5-6-14(20-12)11-18-9-3-2-4-13(18)10-17-15(19)7-8-16/h5-6,13H,2-4,7-11,16H2,1H3,(H,17,19). The Morgan fingerprint density at radius 1 is 1.50 bits per heavy atom. The Kier molecular flexibility index (Phi) is 6.01. The Morgan fingerprint density at radius 3 is 3.05 bits per heavy atom. The van der Waals surface area contributed by atoms with Crippen molar-refractivity contribution in [2.75, 3.05) is 19.6 Å². The molecule has 1 saturated heterocycles. The van der Waals surface area contributed by atoms with E-state index in [0.717, 1.165) is 19.6 Å². The van der Waals surface area contributed by atoms with Crippen molar-refractivity contribution in [2.24, 2.45) is 5.73 Å². The molecule has 1 fully saturated rings. The number of hydrogen-bond acceptors (Lipinski definition) is 4. The minimum Gasteiger partial charge on any atom is -0.354 e. The maximum Gasteiger partial charge on any atom is 0.221 e. The summed E-state index contributed by atoms with van der Waals surface area (Å²) in [5.74, 6) is 0.0741. The van der Waals surface area contributed by atoms with E-state index in [0.29, 0.717) is 19.0 Å². The molecule has 0 aliphatic carbocycles. The molecule has 1 aliphatic heterocycles. The van der Waals surface area contributed by atoms with E-state index in [1.807, 2.05) is 11.3 Å². The highest BCUT2D eigenvalue weighted by molar-refractivity contribution is 7.11. The first-order valence-corrected chi connectivity index (χ1v) is 8.27. The van der Waals surface area contributed by atoms with Gasteiger partial charge >= 0.3 is 0 Å². The van der Waals surface area contributed by atoms with Gasteiger partial charge in [0.25, 0.3) is 0 Å². The third kappa shape index (κ3) is 4.58. The van der Waals surface area contributed by atoms with Gasteiger partial charge in [0.05, 0.1) is 0 Å². The van der Waals surface area contributed by atoms with Crippen molar-refractivity contribution in [3.05, 3.63) is 21.9 Å². The second kappa shape index (κ2) is 7.76. The second-order valence-electron chi connectivity index (χ2n) is 5.48. The molecular weight excluding hydrogens is 270 g/mol. The van der Waals surface area contributed by atoms with Crippen molar-refractivity contribution < 1.29 is 4.79 Å². The molecule has 1 aliphatic rings. The van der Waals surface area contributed by atoms with Crippen LogP contribution in [0.15, 0.2) is 12.1 Å². The van der Waals surface area contributed by atoms with Crippen LogP contribution in [-0.4, -0.2) is 36.5 Å². The van der Waals surface area contributed by atoms with Crippen molar-refractivity contribution in [3.63, 3.8) is 0 Å². The van der Waals surface area contributed by atoms with Gasteiger partial charge in [-0.15, -0.1) is 11.3 Å². The van der Waals surface area contributed by atoms with E-state index < -0.39 is 0 Å². The van der Waals surface area contributed by atoms with E-state index >= 15 is 0 Å². The summed E-state index contributed by atoms with van der Waals surface area (Å²) in [7, 11) is 0. The number of carbonyl (C=O) groups is 1. The van der Waals surface area contributed by atoms with Gasteiger partial charge in [-0.2, -0.15) is 0 Å². The van der Waals surface area contributed by atoms with Gasteiger partial charge in [0.1, 0.15) is 0 Å². The van der Waals surface area contributed by atoms with Crippen LogP contribution in [0.4, 0.5) is 0 Å². The summed E-state index contributed by atoms with van der Waals surface area (Å²) in [6.45, 7) is 5.47. The number of nitrogens with two attached hydrogens (primary N) is 1. The van der Waals surface area contributed by atoms with Gasteiger partial charge in [-0.1, -0.05) is 6.42 Å². The van der Waals surface area contributed by atoms with Crippen LogP contribution in [0.5, 0.6) is 0 Å². The highest BCUT2D eigenvalue weighted by Gasteiger charge is 2.23. The van der Waals surface area contributed by atoms with E-state index in [9.17, 15) is 4.79 Å². The van der Waals surface area contributed by atoms with Crippen LogP contribution < -0.4 is 11.1 Å². The van der Waals surface area contributed by atoms with Gasteiger partial charge in [-0.3, -0.25) is 9.69 Å². The minimum absolute atomic E-state index is 0.0741. The lowest BCUT2D eigenvalue weighted by Gasteiger charge is -2.35. The zero-order valence-corrected chi connectivity index (χ0v) is 13.0. The highest BCUT2D eigenvalue weighted by atomic mass is 32.1. The van der Waals surface area contributed by atoms with Crippen LogP contribution in [0.2, 0.25) is 0 Å². The lowest BCUT2D eigenvalue weighted by Crippen LogP contribution is -2.46. The maximum atomic E-state index is 11.5. The zero-order valence-electron chi connectivity index (χ0n) is 12.2. The Hall–Kier alpha value is -0.910. The van der Waals surface area contributed by atoms with Gasteiger partial charge in [0, 0.05) is 41.9 Å². The molecule has 1 aromatic rings. The molecule has 4 nitrogen and oxygen atoms in total. The lowest BCUT2D eigenvalue weighted by atomic mass is 10.0. The van der Waals surface area contributed by atoms with Gasteiger partial charge in [-0.05, 0) is 38.4 Å². The molecule has 3 N–H and O–H groups in total. The molecule has 1 atom stereocenters. The monoisotopic (exact) mass is 295 g/mol. The minimum atomic E-state index is 0.0741. The SMILES string of the molecule is Cc1ccc(CN2CCCCC2CNC(=O)CCN)s1. The first kappa shape index (κ1) is 15.5. The molecule has 112 valence electrons. The fourth-order valence-corrected chi connectivity index (χ4v) is 3.64. The number of thiophene rings is 1. The maximum absolute atomic E-state index is 11.5. The fraction of sp³-hybridized carbons (Fsp3) is 0.667. The molecule has 0 radical (unpaired) electrons. The molecule has 0 saturated carbocycles. The van der Waals surface area contributed by atoms with Crippen molar-refractivity contribution in [3.8, 4) is 0 Å². The summed E-state index contributed by atoms with van der Waals surface area (Å²) in [5.41, 5.74) is 5.40. The van der Waals surface area contributed by atoms with Crippen molar-refractivity contribution in [1.29, 1.82) is 0 Å². The van der Waals surface area contributed by atoms with Crippen molar-refractivity contribution >= 4 is 17.2 Å². The second-order valence-corrected chi connectivity index (χ2v) is 6.85. The van der Waals surface area contributed by atoms with E-state index in [-0.39, 0.29) is 5.91 Å². The van der Waals surface area contributed by atoms with Crippen LogP contribution in [0.25, 0.3) is 0 Å². The van der Waals surface area contributed by atoms with Crippen LogP contribution in [-0.2, 0) is 11.3 Å².